The number of hydrogen-bond donors (Lipinski definition) is 4. The molecule has 2 amide bonds. The van der Waals surface area contributed by atoms with Crippen LogP contribution in [0.2, 0.25) is 0 Å². The average molecular weight is 1070 g/mol. The van der Waals surface area contributed by atoms with Crippen LogP contribution in [0.15, 0.2) is 129 Å². The van der Waals surface area contributed by atoms with Crippen molar-refractivity contribution in [3.05, 3.63) is 121 Å². The summed E-state index contributed by atoms with van der Waals surface area (Å²) >= 11 is 2.37. The van der Waals surface area contributed by atoms with Gasteiger partial charge in [-0.25, -0.2) is 0 Å². The van der Waals surface area contributed by atoms with Crippen LogP contribution in [0.3, 0.4) is 0 Å². The first-order valence-electron chi connectivity index (χ1n) is 13.7. The predicted molar refractivity (Wildman–Crippen MR) is 197 cm³/mol. The zero-order chi connectivity index (χ0) is 35.7. The molecule has 0 atom stereocenters. The van der Waals surface area contributed by atoms with Gasteiger partial charge in [-0.2, -0.15) is 16.8 Å². The number of nitrogens with one attached hydrogen (secondary N) is 2. The van der Waals surface area contributed by atoms with Crippen LogP contribution in [0, 0.1) is 0 Å². The molecule has 0 aliphatic carbocycles. The van der Waals surface area contributed by atoms with E-state index in [0.717, 1.165) is 21.9 Å². The molecule has 0 fully saturated rings. The van der Waals surface area contributed by atoms with E-state index in [1.165, 1.54) is 81.4 Å². The minimum absolute atomic E-state index is 0. The van der Waals surface area contributed by atoms with Crippen molar-refractivity contribution in [2.45, 2.75) is 19.6 Å². The summed E-state index contributed by atoms with van der Waals surface area (Å²) in [5, 5.41) is 27.6. The first-order chi connectivity index (χ1) is 23.9. The summed E-state index contributed by atoms with van der Waals surface area (Å²) < 4.78 is 66.6. The van der Waals surface area contributed by atoms with Crippen molar-refractivity contribution in [1.82, 2.24) is 39.2 Å². The van der Waals surface area contributed by atoms with Crippen LogP contribution in [-0.2, 0) is 42.6 Å². The van der Waals surface area contributed by atoms with Crippen LogP contribution in [0.25, 0.3) is 0 Å². The SMILES string of the molecule is O=C(Nc1cccc(Sn2ncnn2)c1)c1ccccc1S(=O)(=O)O.O=C(Nc1cccc(Sn2ncnn2)c1)c1ccccc1S(=O)(=O)O.[Au].[K].[K].[K]. The predicted octanol–water partition coefficient (Wildman–Crippen LogP) is 2.31. The van der Waals surface area contributed by atoms with Crippen molar-refractivity contribution in [1.29, 1.82) is 0 Å². The van der Waals surface area contributed by atoms with Crippen molar-refractivity contribution < 1.29 is 57.9 Å². The Hall–Kier alpha value is 0.129. The number of rotatable bonds is 10. The average Bonchev–Trinajstić information content (AvgIpc) is 3.79. The molecule has 26 heteroatoms. The van der Waals surface area contributed by atoms with Gasteiger partial charge >= 0.3 is 0 Å². The Morgan fingerprint density at radius 3 is 1.28 bits per heavy atom. The molecular formula is C28H22AuK3N10O8S4. The number of benzene rings is 4. The van der Waals surface area contributed by atoms with Gasteiger partial charge in [0.25, 0.3) is 32.1 Å². The Labute approximate surface area is 460 Å². The van der Waals surface area contributed by atoms with E-state index in [9.17, 15) is 35.5 Å². The normalized spacial score (nSPS) is 10.4. The quantitative estimate of drug-likeness (QED) is 0.113. The fraction of sp³-hybridized carbons (Fsp3) is 0. The van der Waals surface area contributed by atoms with Gasteiger partial charge in [-0.3, -0.25) is 18.7 Å². The van der Waals surface area contributed by atoms with Crippen molar-refractivity contribution in [2.75, 3.05) is 10.6 Å². The van der Waals surface area contributed by atoms with Gasteiger partial charge in [-0.15, -0.1) is 20.4 Å². The molecule has 6 rings (SSSR count). The molecule has 0 saturated heterocycles. The molecule has 0 bridgehead atoms. The Balaban J connectivity index is 0.000000503. The maximum atomic E-state index is 12.4. The van der Waals surface area contributed by atoms with Gasteiger partial charge in [0.2, 0.25) is 0 Å². The van der Waals surface area contributed by atoms with Gasteiger partial charge in [0.15, 0.2) is 12.7 Å². The van der Waals surface area contributed by atoms with Crippen molar-refractivity contribution in [3.63, 3.8) is 0 Å². The molecule has 0 spiro atoms. The summed E-state index contributed by atoms with van der Waals surface area (Å²) in [6, 6.07) is 24.4. The molecule has 0 unspecified atom stereocenters. The van der Waals surface area contributed by atoms with Gasteiger partial charge in [0.05, 0.1) is 11.1 Å². The Morgan fingerprint density at radius 1 is 0.574 bits per heavy atom. The molecule has 4 radical (unpaired) electrons. The molecular weight excluding hydrogens is 1050 g/mol. The molecule has 0 aliphatic heterocycles. The van der Waals surface area contributed by atoms with E-state index in [1.54, 1.807) is 48.5 Å². The zero-order valence-electron chi connectivity index (χ0n) is 28.2. The van der Waals surface area contributed by atoms with E-state index >= 15 is 0 Å². The number of amides is 2. The fourth-order valence-electron chi connectivity index (χ4n) is 4.00. The molecule has 2 aromatic heterocycles. The van der Waals surface area contributed by atoms with E-state index in [1.807, 2.05) is 0 Å². The van der Waals surface area contributed by atoms with E-state index in [4.69, 9.17) is 0 Å². The van der Waals surface area contributed by atoms with E-state index in [-0.39, 0.29) is 188 Å². The fourth-order valence-corrected chi connectivity index (χ4v) is 6.73. The van der Waals surface area contributed by atoms with Gasteiger partial charge in [0.1, 0.15) is 9.79 Å². The maximum absolute atomic E-state index is 12.4. The van der Waals surface area contributed by atoms with E-state index < -0.39 is 41.8 Å². The second kappa shape index (κ2) is 24.9. The number of carbonyl (C=O) groups is 2. The summed E-state index contributed by atoms with van der Waals surface area (Å²) in [6.45, 7) is 0. The molecule has 18 nitrogen and oxygen atoms in total. The van der Waals surface area contributed by atoms with Crippen molar-refractivity contribution >= 4 is 221 Å². The Bertz CT molecular complexity index is 2200. The first-order valence-corrected chi connectivity index (χ1v) is 18.1. The van der Waals surface area contributed by atoms with Crippen LogP contribution in [0.5, 0.6) is 0 Å². The standard InChI is InChI=1S/2C14H11N5O4S2.Au.3K/c2*20-14(12-6-1-2-7-13(12)25(21,22)23)17-10-4-3-5-11(8-10)24-19-16-9-15-18-19;;;;/h2*1-9H,(H,17,20)(H,21,22,23);;;;. The molecule has 4 N–H and O–H groups in total. The third-order valence-corrected chi connectivity index (χ3v) is 9.45. The smallest absolute Gasteiger partial charge is 0.295 e. The summed E-state index contributed by atoms with van der Waals surface area (Å²) in [7, 11) is -9.01. The van der Waals surface area contributed by atoms with Gasteiger partial charge in [-0.1, -0.05) is 44.8 Å². The third-order valence-electron chi connectivity index (χ3n) is 6.04. The van der Waals surface area contributed by atoms with Crippen molar-refractivity contribution in [2.24, 2.45) is 0 Å². The van der Waals surface area contributed by atoms with Crippen molar-refractivity contribution in [3.8, 4) is 0 Å². The second-order valence-corrected chi connectivity index (χ2v) is 14.2. The summed E-state index contributed by atoms with van der Waals surface area (Å²) in [5.74, 6) is -1.32. The van der Waals surface area contributed by atoms with Gasteiger partial charge in [-0.05, 0) is 71.1 Å². The molecule has 0 aliphatic rings. The van der Waals surface area contributed by atoms with Crippen LogP contribution in [0.1, 0.15) is 20.7 Å². The first kappa shape index (κ1) is 52.1. The summed E-state index contributed by atoms with van der Waals surface area (Å²) in [5.41, 5.74) is 0.586. The maximum Gasteiger partial charge on any atom is 0.295 e. The molecule has 0 saturated carbocycles. The Kier molecular flexibility index (Phi) is 24.1. The van der Waals surface area contributed by atoms with Crippen LogP contribution >= 0.6 is 23.9 Å². The topological polar surface area (TPSA) is 254 Å². The number of tetrazole rings is 2. The number of anilines is 2. The minimum atomic E-state index is -4.50. The molecule has 6 aromatic rings. The van der Waals surface area contributed by atoms with Crippen LogP contribution in [0.4, 0.5) is 11.4 Å². The van der Waals surface area contributed by atoms with E-state index in [0.29, 0.717) is 11.4 Å². The largest absolute Gasteiger partial charge is 0.322 e. The third kappa shape index (κ3) is 16.1. The summed E-state index contributed by atoms with van der Waals surface area (Å²) in [4.78, 5) is 25.3. The minimum Gasteiger partial charge on any atom is -0.322 e. The number of aromatic nitrogens is 8. The van der Waals surface area contributed by atoms with Crippen LogP contribution in [-0.4, -0.2) is 231 Å². The van der Waals surface area contributed by atoms with Crippen LogP contribution < -0.4 is 10.6 Å². The number of nitrogens with zero attached hydrogens (tertiary/aromatic N) is 8. The monoisotopic (exact) mass is 1070 g/mol. The molecule has 2 heterocycles. The second-order valence-electron chi connectivity index (χ2n) is 9.47. The number of hydrogen-bond acceptors (Lipinski definition) is 14. The number of carbonyl (C=O) groups excluding carboxylic acids is 2. The van der Waals surface area contributed by atoms with Gasteiger partial charge < -0.3 is 10.6 Å². The molecule has 54 heavy (non-hydrogen) atoms. The Morgan fingerprint density at radius 2 is 0.944 bits per heavy atom. The summed E-state index contributed by atoms with van der Waals surface area (Å²) in [6.07, 6.45) is 2.59. The van der Waals surface area contributed by atoms with Gasteiger partial charge in [0, 0.05) is 222 Å². The van der Waals surface area contributed by atoms with E-state index in [2.05, 4.69) is 41.5 Å². The zero-order valence-corrected chi connectivity index (χ0v) is 43.1. The molecule has 270 valence electrons. The molecule has 4 aromatic carbocycles.